The summed E-state index contributed by atoms with van der Waals surface area (Å²) in [6.45, 7) is 2.16. The first kappa shape index (κ1) is 21.1. The number of nitrogens with one attached hydrogen (secondary N) is 1. The molecule has 0 bridgehead atoms. The van der Waals surface area contributed by atoms with E-state index in [4.69, 9.17) is 31.2 Å². The van der Waals surface area contributed by atoms with Crippen LogP contribution in [0.4, 0.5) is 0 Å². The van der Waals surface area contributed by atoms with Gasteiger partial charge in [0.25, 0.3) is 11.8 Å². The van der Waals surface area contributed by atoms with Crippen LogP contribution in [0, 0.1) is 0 Å². The molecule has 1 aliphatic rings. The maximum Gasteiger partial charge on any atom is 0.371 e. The van der Waals surface area contributed by atoms with Crippen LogP contribution in [-0.4, -0.2) is 46.6 Å². The van der Waals surface area contributed by atoms with Crippen molar-refractivity contribution >= 4 is 41.2 Å². The number of carbonyl (C=O) groups is 3. The summed E-state index contributed by atoms with van der Waals surface area (Å²) in [6, 6.07) is 7.76. The average Bonchev–Trinajstić information content (AvgIpc) is 3.19. The van der Waals surface area contributed by atoms with Crippen molar-refractivity contribution in [2.75, 3.05) is 13.7 Å². The fourth-order valence-corrected chi connectivity index (χ4v) is 2.81. The van der Waals surface area contributed by atoms with Crippen molar-refractivity contribution in [3.8, 4) is 11.5 Å². The molecule has 1 aliphatic heterocycles. The van der Waals surface area contributed by atoms with Gasteiger partial charge in [0, 0.05) is 7.05 Å². The maximum atomic E-state index is 12.3. The molecule has 0 saturated carbocycles. The zero-order chi connectivity index (χ0) is 21.8. The molecule has 1 saturated heterocycles. The first-order valence-electron chi connectivity index (χ1n) is 8.87. The van der Waals surface area contributed by atoms with Gasteiger partial charge < -0.3 is 19.0 Å². The summed E-state index contributed by atoms with van der Waals surface area (Å²) in [5.41, 5.74) is 0.496. The SMILES string of the molecule is CCOc1cc(C=C2C(=O)NC(=S)N(C)C2=O)ccc1OCc1ccc(C(=O)O)o1. The summed E-state index contributed by atoms with van der Waals surface area (Å²) in [6.07, 6.45) is 1.44. The van der Waals surface area contributed by atoms with Crippen molar-refractivity contribution in [2.24, 2.45) is 0 Å². The highest BCUT2D eigenvalue weighted by atomic mass is 32.1. The first-order valence-corrected chi connectivity index (χ1v) is 9.27. The van der Waals surface area contributed by atoms with Crippen molar-refractivity contribution in [3.63, 3.8) is 0 Å². The topological polar surface area (TPSA) is 118 Å². The Kier molecular flexibility index (Phi) is 6.17. The van der Waals surface area contributed by atoms with Crippen LogP contribution in [0.5, 0.6) is 11.5 Å². The summed E-state index contributed by atoms with van der Waals surface area (Å²) < 4.78 is 16.4. The van der Waals surface area contributed by atoms with E-state index in [-0.39, 0.29) is 23.1 Å². The lowest BCUT2D eigenvalue weighted by Gasteiger charge is -2.25. The van der Waals surface area contributed by atoms with Gasteiger partial charge in [0.2, 0.25) is 5.76 Å². The molecule has 2 amide bonds. The number of benzene rings is 1. The molecule has 3 rings (SSSR count). The van der Waals surface area contributed by atoms with Gasteiger partial charge in [-0.3, -0.25) is 19.8 Å². The predicted molar refractivity (Wildman–Crippen MR) is 109 cm³/mol. The van der Waals surface area contributed by atoms with Crippen LogP contribution in [0.2, 0.25) is 0 Å². The van der Waals surface area contributed by atoms with Gasteiger partial charge in [0.05, 0.1) is 6.61 Å². The highest BCUT2D eigenvalue weighted by Gasteiger charge is 2.30. The van der Waals surface area contributed by atoms with Crippen molar-refractivity contribution < 1.29 is 33.4 Å². The lowest BCUT2D eigenvalue weighted by atomic mass is 10.1. The number of rotatable bonds is 7. The number of carboxylic acid groups (broad SMARTS) is 1. The highest BCUT2D eigenvalue weighted by molar-refractivity contribution is 7.80. The summed E-state index contributed by atoms with van der Waals surface area (Å²) in [5.74, 6) is -1.30. The van der Waals surface area contributed by atoms with Gasteiger partial charge in [-0.25, -0.2) is 4.79 Å². The number of nitrogens with zero attached hydrogens (tertiary/aromatic N) is 1. The Morgan fingerprint density at radius 3 is 2.67 bits per heavy atom. The number of aromatic carboxylic acids is 1. The first-order chi connectivity index (χ1) is 14.3. The Morgan fingerprint density at radius 1 is 1.23 bits per heavy atom. The van der Waals surface area contributed by atoms with Gasteiger partial charge in [-0.05, 0) is 55.0 Å². The quantitative estimate of drug-likeness (QED) is 0.390. The van der Waals surface area contributed by atoms with Gasteiger partial charge in [-0.1, -0.05) is 6.07 Å². The van der Waals surface area contributed by atoms with E-state index >= 15 is 0 Å². The van der Waals surface area contributed by atoms with E-state index in [1.807, 2.05) is 0 Å². The highest BCUT2D eigenvalue weighted by Crippen LogP contribution is 2.30. The van der Waals surface area contributed by atoms with Crippen LogP contribution < -0.4 is 14.8 Å². The molecule has 0 radical (unpaired) electrons. The largest absolute Gasteiger partial charge is 0.490 e. The van der Waals surface area contributed by atoms with Gasteiger partial charge in [0.1, 0.15) is 17.9 Å². The maximum absolute atomic E-state index is 12.3. The van der Waals surface area contributed by atoms with Crippen LogP contribution in [0.15, 0.2) is 40.3 Å². The van der Waals surface area contributed by atoms with E-state index in [2.05, 4.69) is 5.32 Å². The molecule has 2 aromatic rings. The van der Waals surface area contributed by atoms with E-state index in [1.54, 1.807) is 25.1 Å². The second-order valence-electron chi connectivity index (χ2n) is 6.18. The lowest BCUT2D eigenvalue weighted by Crippen LogP contribution is -2.52. The number of carbonyl (C=O) groups excluding carboxylic acids is 2. The van der Waals surface area contributed by atoms with E-state index in [0.717, 1.165) is 0 Å². The molecular weight excluding hydrogens is 412 g/mol. The smallest absolute Gasteiger partial charge is 0.371 e. The lowest BCUT2D eigenvalue weighted by molar-refractivity contribution is -0.128. The fourth-order valence-electron chi connectivity index (χ4n) is 2.63. The number of furan rings is 1. The molecule has 156 valence electrons. The molecule has 30 heavy (non-hydrogen) atoms. The van der Waals surface area contributed by atoms with Crippen LogP contribution in [0.3, 0.4) is 0 Å². The summed E-state index contributed by atoms with van der Waals surface area (Å²) >= 11 is 4.93. The number of likely N-dealkylation sites (N-methyl/N-ethyl adjacent to an activating group) is 1. The van der Waals surface area contributed by atoms with Gasteiger partial charge >= 0.3 is 5.97 Å². The molecule has 2 N–H and O–H groups in total. The minimum absolute atomic E-state index is 0.00305. The van der Waals surface area contributed by atoms with Crippen LogP contribution in [0.25, 0.3) is 6.08 Å². The zero-order valence-corrected chi connectivity index (χ0v) is 16.9. The third-order valence-corrected chi connectivity index (χ3v) is 4.50. The van der Waals surface area contributed by atoms with E-state index in [1.165, 1.54) is 30.2 Å². The van der Waals surface area contributed by atoms with Crippen LogP contribution >= 0.6 is 12.2 Å². The molecule has 2 heterocycles. The standard InChI is InChI=1S/C20H18N2O7S/c1-3-27-16-9-11(8-13-17(23)21-20(30)22(2)18(13)24)4-6-14(16)28-10-12-5-7-15(29-12)19(25)26/h4-9H,3,10H2,1-2H3,(H,25,26)(H,21,23,30). The molecule has 0 spiro atoms. The fraction of sp³-hybridized carbons (Fsp3) is 0.200. The van der Waals surface area contributed by atoms with E-state index < -0.39 is 17.8 Å². The Balaban J connectivity index is 1.82. The van der Waals surface area contributed by atoms with E-state index in [9.17, 15) is 14.4 Å². The molecule has 0 unspecified atom stereocenters. The Bertz CT molecular complexity index is 1060. The van der Waals surface area contributed by atoms with Crippen LogP contribution in [-0.2, 0) is 16.2 Å². The number of thiocarbonyl (C=S) groups is 1. The van der Waals surface area contributed by atoms with Crippen molar-refractivity contribution in [2.45, 2.75) is 13.5 Å². The predicted octanol–water partition coefficient (Wildman–Crippen LogP) is 2.21. The molecule has 0 atom stereocenters. The molecule has 1 fully saturated rings. The molecule has 10 heteroatoms. The zero-order valence-electron chi connectivity index (χ0n) is 16.1. The number of ether oxygens (including phenoxy) is 2. The monoisotopic (exact) mass is 430 g/mol. The molecule has 0 aliphatic carbocycles. The average molecular weight is 430 g/mol. The number of hydrogen-bond donors (Lipinski definition) is 2. The Morgan fingerprint density at radius 2 is 2.00 bits per heavy atom. The third kappa shape index (κ3) is 4.49. The van der Waals surface area contributed by atoms with Gasteiger partial charge in [-0.15, -0.1) is 0 Å². The Labute approximate surface area is 176 Å². The molecule has 1 aromatic carbocycles. The minimum atomic E-state index is -1.17. The van der Waals surface area contributed by atoms with Crippen molar-refractivity contribution in [3.05, 3.63) is 53.0 Å². The third-order valence-electron chi connectivity index (χ3n) is 4.13. The van der Waals surface area contributed by atoms with Crippen molar-refractivity contribution in [1.82, 2.24) is 10.2 Å². The molecule has 1 aromatic heterocycles. The van der Waals surface area contributed by atoms with Gasteiger partial charge in [-0.2, -0.15) is 0 Å². The van der Waals surface area contributed by atoms with Crippen LogP contribution in [0.1, 0.15) is 28.8 Å². The van der Waals surface area contributed by atoms with E-state index in [0.29, 0.717) is 29.4 Å². The minimum Gasteiger partial charge on any atom is -0.490 e. The van der Waals surface area contributed by atoms with Gasteiger partial charge in [0.15, 0.2) is 16.6 Å². The molecular formula is C20H18N2O7S. The normalized spacial score (nSPS) is 15.3. The molecule has 9 nitrogen and oxygen atoms in total. The Hall–Kier alpha value is -3.66. The summed E-state index contributed by atoms with van der Waals surface area (Å²) in [7, 11) is 1.48. The summed E-state index contributed by atoms with van der Waals surface area (Å²) in [5, 5.41) is 11.4. The van der Waals surface area contributed by atoms with Crippen molar-refractivity contribution in [1.29, 1.82) is 0 Å². The number of amides is 2. The number of hydrogen-bond acceptors (Lipinski definition) is 7. The second-order valence-corrected chi connectivity index (χ2v) is 6.57. The second kappa shape index (κ2) is 8.78. The number of carboxylic acids is 1. The summed E-state index contributed by atoms with van der Waals surface area (Å²) in [4.78, 5) is 36.5.